The second kappa shape index (κ2) is 4.38. The van der Waals surface area contributed by atoms with Crippen LogP contribution in [0, 0.1) is 13.8 Å². The van der Waals surface area contributed by atoms with Crippen LogP contribution in [0.3, 0.4) is 0 Å². The highest BCUT2D eigenvalue weighted by Gasteiger charge is 2.10. The first kappa shape index (κ1) is 12.2. The fraction of sp³-hybridized carbons (Fsp3) is 0.133. The van der Waals surface area contributed by atoms with Gasteiger partial charge in [0.25, 0.3) is 0 Å². The van der Waals surface area contributed by atoms with E-state index in [-0.39, 0.29) is 0 Å². The highest BCUT2D eigenvalue weighted by molar-refractivity contribution is 9.10. The van der Waals surface area contributed by atoms with Crippen molar-refractivity contribution in [3.05, 3.63) is 45.9 Å². The summed E-state index contributed by atoms with van der Waals surface area (Å²) in [6.45, 7) is 4.13. The monoisotopic (exact) mass is 316 g/mol. The van der Waals surface area contributed by atoms with Gasteiger partial charge in [0.2, 0.25) is 5.89 Å². The third-order valence-corrected chi connectivity index (χ3v) is 3.97. The minimum absolute atomic E-state index is 0.596. The van der Waals surface area contributed by atoms with Crippen LogP contribution >= 0.6 is 15.9 Å². The molecule has 0 saturated heterocycles. The maximum Gasteiger partial charge on any atom is 0.227 e. The molecule has 0 radical (unpaired) electrons. The molecule has 19 heavy (non-hydrogen) atoms. The van der Waals surface area contributed by atoms with E-state index < -0.39 is 0 Å². The van der Waals surface area contributed by atoms with E-state index in [0.29, 0.717) is 11.6 Å². The average molecular weight is 317 g/mol. The number of nitrogen functional groups attached to an aromatic ring is 1. The average Bonchev–Trinajstić information content (AvgIpc) is 2.76. The number of aromatic nitrogens is 1. The van der Waals surface area contributed by atoms with Gasteiger partial charge in [-0.25, -0.2) is 4.98 Å². The molecule has 0 spiro atoms. The Morgan fingerprint density at radius 3 is 2.58 bits per heavy atom. The minimum Gasteiger partial charge on any atom is -0.436 e. The Hall–Kier alpha value is -1.81. The van der Waals surface area contributed by atoms with Crippen LogP contribution in [0.15, 0.2) is 39.2 Å². The second-order valence-electron chi connectivity index (χ2n) is 4.66. The van der Waals surface area contributed by atoms with Crippen molar-refractivity contribution in [3.63, 3.8) is 0 Å². The first-order chi connectivity index (χ1) is 9.04. The molecule has 2 aromatic carbocycles. The molecule has 0 aliphatic heterocycles. The number of aryl methyl sites for hydroxylation is 2. The normalized spacial score (nSPS) is 11.1. The Balaban J connectivity index is 2.17. The summed E-state index contributed by atoms with van der Waals surface area (Å²) in [6, 6.07) is 9.75. The molecule has 3 nitrogen and oxygen atoms in total. The van der Waals surface area contributed by atoms with Crippen LogP contribution in [0.4, 0.5) is 5.69 Å². The molecular formula is C15H13BrN2O. The lowest BCUT2D eigenvalue weighted by Gasteiger charge is -1.99. The SMILES string of the molecule is Cc1cc2nc(-c3ccc(Br)c(N)c3)oc2cc1C. The van der Waals surface area contributed by atoms with E-state index in [4.69, 9.17) is 10.2 Å². The number of nitrogens with zero attached hydrogens (tertiary/aromatic N) is 1. The van der Waals surface area contributed by atoms with E-state index in [9.17, 15) is 0 Å². The maximum atomic E-state index is 5.88. The highest BCUT2D eigenvalue weighted by Crippen LogP contribution is 2.29. The van der Waals surface area contributed by atoms with Crippen molar-refractivity contribution in [3.8, 4) is 11.5 Å². The van der Waals surface area contributed by atoms with E-state index in [0.717, 1.165) is 21.1 Å². The number of hydrogen-bond donors (Lipinski definition) is 1. The van der Waals surface area contributed by atoms with Crippen LogP contribution in [-0.4, -0.2) is 4.98 Å². The summed E-state index contributed by atoms with van der Waals surface area (Å²) in [6.07, 6.45) is 0. The Bertz CT molecular complexity index is 738. The van der Waals surface area contributed by atoms with Gasteiger partial charge in [-0.2, -0.15) is 0 Å². The molecule has 3 aromatic rings. The molecule has 3 rings (SSSR count). The van der Waals surface area contributed by atoms with Crippen molar-refractivity contribution in [1.29, 1.82) is 0 Å². The zero-order valence-corrected chi connectivity index (χ0v) is 12.3. The van der Waals surface area contributed by atoms with Gasteiger partial charge < -0.3 is 10.2 Å². The summed E-state index contributed by atoms with van der Waals surface area (Å²) < 4.78 is 6.68. The highest BCUT2D eigenvalue weighted by atomic mass is 79.9. The molecule has 0 amide bonds. The lowest BCUT2D eigenvalue weighted by molar-refractivity contribution is 0.619. The molecule has 0 bridgehead atoms. The van der Waals surface area contributed by atoms with E-state index in [2.05, 4.69) is 34.8 Å². The zero-order chi connectivity index (χ0) is 13.6. The van der Waals surface area contributed by atoms with Crippen molar-refractivity contribution < 1.29 is 4.42 Å². The van der Waals surface area contributed by atoms with Crippen LogP contribution in [0.1, 0.15) is 11.1 Å². The fourth-order valence-electron chi connectivity index (χ4n) is 1.98. The van der Waals surface area contributed by atoms with Gasteiger partial charge in [0.1, 0.15) is 5.52 Å². The molecule has 0 unspecified atom stereocenters. The lowest BCUT2D eigenvalue weighted by atomic mass is 10.1. The van der Waals surface area contributed by atoms with Crippen molar-refractivity contribution in [1.82, 2.24) is 4.98 Å². The number of fused-ring (bicyclic) bond motifs is 1. The fourth-order valence-corrected chi connectivity index (χ4v) is 2.23. The molecule has 1 aromatic heterocycles. The van der Waals surface area contributed by atoms with E-state index in [1.807, 2.05) is 30.3 Å². The van der Waals surface area contributed by atoms with Crippen LogP contribution in [0.25, 0.3) is 22.6 Å². The van der Waals surface area contributed by atoms with Gasteiger partial charge in [0.15, 0.2) is 5.58 Å². The number of hydrogen-bond acceptors (Lipinski definition) is 3. The van der Waals surface area contributed by atoms with Gasteiger partial charge >= 0.3 is 0 Å². The quantitative estimate of drug-likeness (QED) is 0.674. The van der Waals surface area contributed by atoms with Crippen molar-refractivity contribution in [2.75, 3.05) is 5.73 Å². The van der Waals surface area contributed by atoms with Crippen LogP contribution in [0.2, 0.25) is 0 Å². The minimum atomic E-state index is 0.596. The molecule has 0 fully saturated rings. The number of oxazole rings is 1. The van der Waals surface area contributed by atoms with E-state index in [1.54, 1.807) is 0 Å². The Labute approximate surface area is 119 Å². The van der Waals surface area contributed by atoms with Crippen LogP contribution in [-0.2, 0) is 0 Å². The summed E-state index contributed by atoms with van der Waals surface area (Å²) in [5, 5.41) is 0. The van der Waals surface area contributed by atoms with Gasteiger partial charge in [-0.15, -0.1) is 0 Å². The van der Waals surface area contributed by atoms with E-state index >= 15 is 0 Å². The van der Waals surface area contributed by atoms with Gasteiger partial charge in [0.05, 0.1) is 0 Å². The molecular weight excluding hydrogens is 304 g/mol. The first-order valence-corrected chi connectivity index (χ1v) is 6.77. The lowest BCUT2D eigenvalue weighted by Crippen LogP contribution is -1.87. The Morgan fingerprint density at radius 1 is 1.11 bits per heavy atom. The number of anilines is 1. The maximum absolute atomic E-state index is 5.88. The van der Waals surface area contributed by atoms with Crippen molar-refractivity contribution in [2.24, 2.45) is 0 Å². The molecule has 1 heterocycles. The predicted octanol–water partition coefficient (Wildman–Crippen LogP) is 4.46. The summed E-state index contributed by atoms with van der Waals surface area (Å²) in [5.41, 5.74) is 11.5. The molecule has 96 valence electrons. The molecule has 0 atom stereocenters. The van der Waals surface area contributed by atoms with Crippen molar-refractivity contribution in [2.45, 2.75) is 13.8 Å². The molecule has 0 aliphatic rings. The van der Waals surface area contributed by atoms with Gasteiger partial charge in [0, 0.05) is 15.7 Å². The molecule has 4 heteroatoms. The largest absolute Gasteiger partial charge is 0.436 e. The zero-order valence-electron chi connectivity index (χ0n) is 10.7. The smallest absolute Gasteiger partial charge is 0.227 e. The number of benzene rings is 2. The number of halogens is 1. The summed E-state index contributed by atoms with van der Waals surface area (Å²) in [5.74, 6) is 0.596. The molecule has 0 saturated carbocycles. The molecule has 2 N–H and O–H groups in total. The van der Waals surface area contributed by atoms with Gasteiger partial charge in [-0.1, -0.05) is 0 Å². The van der Waals surface area contributed by atoms with Gasteiger partial charge in [-0.05, 0) is 71.2 Å². The third-order valence-electron chi connectivity index (χ3n) is 3.25. The van der Waals surface area contributed by atoms with Crippen LogP contribution in [0.5, 0.6) is 0 Å². The Kier molecular flexibility index (Phi) is 2.82. The van der Waals surface area contributed by atoms with Gasteiger partial charge in [-0.3, -0.25) is 0 Å². The first-order valence-electron chi connectivity index (χ1n) is 5.98. The standard InChI is InChI=1S/C15H13BrN2O/c1-8-5-13-14(6-9(8)2)19-15(18-13)10-3-4-11(16)12(17)7-10/h3-7H,17H2,1-2H3. The molecule has 0 aliphatic carbocycles. The van der Waals surface area contributed by atoms with E-state index in [1.165, 1.54) is 11.1 Å². The second-order valence-corrected chi connectivity index (χ2v) is 5.51. The van der Waals surface area contributed by atoms with Crippen molar-refractivity contribution >= 4 is 32.7 Å². The number of nitrogens with two attached hydrogens (primary N) is 1. The summed E-state index contributed by atoms with van der Waals surface area (Å²) >= 11 is 3.38. The summed E-state index contributed by atoms with van der Waals surface area (Å²) in [4.78, 5) is 4.52. The Morgan fingerprint density at radius 2 is 1.84 bits per heavy atom. The topological polar surface area (TPSA) is 52.0 Å². The van der Waals surface area contributed by atoms with Crippen LogP contribution < -0.4 is 5.73 Å². The summed E-state index contributed by atoms with van der Waals surface area (Å²) in [7, 11) is 0. The predicted molar refractivity (Wildman–Crippen MR) is 81.0 cm³/mol. The third kappa shape index (κ3) is 2.12. The number of rotatable bonds is 1.